The predicted molar refractivity (Wildman–Crippen MR) is 96.3 cm³/mol. The highest BCUT2D eigenvalue weighted by Crippen LogP contribution is 2.63. The third kappa shape index (κ3) is 2.02. The summed E-state index contributed by atoms with van der Waals surface area (Å²) in [6, 6.07) is 8.43. The summed E-state index contributed by atoms with van der Waals surface area (Å²) in [6.07, 6.45) is 6.81. The lowest BCUT2D eigenvalue weighted by Crippen LogP contribution is -2.63. The molecule has 0 aliphatic heterocycles. The van der Waals surface area contributed by atoms with Gasteiger partial charge in [-0.3, -0.25) is 4.90 Å². The number of hydrogen-bond donors (Lipinski definition) is 0. The van der Waals surface area contributed by atoms with Crippen LogP contribution in [0, 0.1) is 30.6 Å². The SMILES string of the molecule is Cc1ccccc1-n1nnnc1C1(N(C)C)C2CC3CC(C2)CC1C3. The number of para-hydroxylation sites is 1. The van der Waals surface area contributed by atoms with Crippen molar-refractivity contribution in [3.63, 3.8) is 0 Å². The molecule has 1 aromatic carbocycles. The number of aromatic nitrogens is 4. The Bertz CT molecular complexity index is 765. The van der Waals surface area contributed by atoms with Crippen molar-refractivity contribution in [1.82, 2.24) is 25.1 Å². The van der Waals surface area contributed by atoms with Crippen molar-refractivity contribution in [2.45, 2.75) is 44.6 Å². The Balaban J connectivity index is 1.69. The molecule has 25 heavy (non-hydrogen) atoms. The molecule has 0 saturated heterocycles. The van der Waals surface area contributed by atoms with Crippen LogP contribution in [-0.4, -0.2) is 39.2 Å². The third-order valence-electron chi connectivity index (χ3n) is 7.29. The normalized spacial score (nSPS) is 36.3. The summed E-state index contributed by atoms with van der Waals surface area (Å²) in [5.41, 5.74) is 2.30. The number of hydrogen-bond acceptors (Lipinski definition) is 4. The Morgan fingerprint density at radius 3 is 2.24 bits per heavy atom. The first-order chi connectivity index (χ1) is 12.1. The van der Waals surface area contributed by atoms with Gasteiger partial charge in [0.15, 0.2) is 5.82 Å². The maximum Gasteiger partial charge on any atom is 0.177 e. The van der Waals surface area contributed by atoms with Crippen molar-refractivity contribution in [3.05, 3.63) is 35.7 Å². The molecule has 6 rings (SSSR count). The van der Waals surface area contributed by atoms with Crippen molar-refractivity contribution in [2.24, 2.45) is 23.7 Å². The zero-order chi connectivity index (χ0) is 17.2. The minimum Gasteiger partial charge on any atom is -0.297 e. The van der Waals surface area contributed by atoms with Crippen molar-refractivity contribution in [2.75, 3.05) is 14.1 Å². The van der Waals surface area contributed by atoms with Gasteiger partial charge in [0.05, 0.1) is 11.2 Å². The second-order valence-corrected chi connectivity index (χ2v) is 8.72. The molecule has 132 valence electrons. The molecule has 0 radical (unpaired) electrons. The highest BCUT2D eigenvalue weighted by atomic mass is 15.6. The molecule has 4 aliphatic rings. The molecule has 4 aliphatic carbocycles. The molecule has 4 bridgehead atoms. The third-order valence-corrected chi connectivity index (χ3v) is 7.29. The molecule has 1 aromatic heterocycles. The van der Waals surface area contributed by atoms with Gasteiger partial charge in [-0.25, -0.2) is 0 Å². The second kappa shape index (κ2) is 5.37. The van der Waals surface area contributed by atoms with E-state index < -0.39 is 0 Å². The van der Waals surface area contributed by atoms with E-state index in [4.69, 9.17) is 0 Å². The molecule has 1 heterocycles. The molecule has 0 spiro atoms. The fraction of sp³-hybridized carbons (Fsp3) is 0.650. The van der Waals surface area contributed by atoms with Crippen LogP contribution in [0.3, 0.4) is 0 Å². The molecule has 5 heteroatoms. The molecule has 0 unspecified atom stereocenters. The molecule has 0 atom stereocenters. The summed E-state index contributed by atoms with van der Waals surface area (Å²) in [5.74, 6) is 4.26. The van der Waals surface area contributed by atoms with Crippen LogP contribution in [0.2, 0.25) is 0 Å². The first kappa shape index (κ1) is 15.5. The zero-order valence-electron chi connectivity index (χ0n) is 15.4. The van der Waals surface area contributed by atoms with Crippen LogP contribution in [0.4, 0.5) is 0 Å². The van der Waals surface area contributed by atoms with Crippen LogP contribution < -0.4 is 0 Å². The van der Waals surface area contributed by atoms with E-state index in [0.29, 0.717) is 11.8 Å². The summed E-state index contributed by atoms with van der Waals surface area (Å²) in [4.78, 5) is 2.44. The Hall–Kier alpha value is -1.75. The van der Waals surface area contributed by atoms with E-state index in [9.17, 15) is 0 Å². The Morgan fingerprint density at radius 2 is 1.64 bits per heavy atom. The first-order valence-corrected chi connectivity index (χ1v) is 9.63. The molecule has 5 nitrogen and oxygen atoms in total. The minimum atomic E-state index is -0.0286. The summed E-state index contributed by atoms with van der Waals surface area (Å²) < 4.78 is 2.03. The summed E-state index contributed by atoms with van der Waals surface area (Å²) in [7, 11) is 4.47. The lowest BCUT2D eigenvalue weighted by atomic mass is 9.48. The van der Waals surface area contributed by atoms with Gasteiger partial charge in [-0.05, 0) is 98.9 Å². The van der Waals surface area contributed by atoms with Gasteiger partial charge in [-0.2, -0.15) is 4.68 Å². The first-order valence-electron chi connectivity index (χ1n) is 9.63. The topological polar surface area (TPSA) is 46.8 Å². The summed E-state index contributed by atoms with van der Waals surface area (Å²) in [5, 5.41) is 13.2. The van der Waals surface area contributed by atoms with Gasteiger partial charge in [0, 0.05) is 0 Å². The number of nitrogens with zero attached hydrogens (tertiary/aromatic N) is 5. The lowest BCUT2D eigenvalue weighted by molar-refractivity contribution is -0.131. The highest BCUT2D eigenvalue weighted by Gasteiger charge is 2.61. The largest absolute Gasteiger partial charge is 0.297 e. The molecule has 2 aromatic rings. The Kier molecular flexibility index (Phi) is 3.33. The van der Waals surface area contributed by atoms with Crippen molar-refractivity contribution in [3.8, 4) is 5.69 Å². The van der Waals surface area contributed by atoms with Crippen molar-refractivity contribution < 1.29 is 0 Å². The number of tetrazole rings is 1. The number of benzene rings is 1. The quantitative estimate of drug-likeness (QED) is 0.863. The zero-order valence-corrected chi connectivity index (χ0v) is 15.4. The van der Waals surface area contributed by atoms with Gasteiger partial charge < -0.3 is 0 Å². The monoisotopic (exact) mass is 337 g/mol. The Morgan fingerprint density at radius 1 is 1.00 bits per heavy atom. The van der Waals surface area contributed by atoms with E-state index in [1.54, 1.807) is 0 Å². The van der Waals surface area contributed by atoms with Gasteiger partial charge in [0.2, 0.25) is 0 Å². The van der Waals surface area contributed by atoms with Crippen molar-refractivity contribution in [1.29, 1.82) is 0 Å². The molecule has 0 amide bonds. The smallest absolute Gasteiger partial charge is 0.177 e. The van der Waals surface area contributed by atoms with Crippen LogP contribution in [-0.2, 0) is 5.54 Å². The average Bonchev–Trinajstić information content (AvgIpc) is 3.04. The van der Waals surface area contributed by atoms with Gasteiger partial charge >= 0.3 is 0 Å². The highest BCUT2D eigenvalue weighted by molar-refractivity contribution is 5.40. The second-order valence-electron chi connectivity index (χ2n) is 8.72. The molecular formula is C20H27N5. The van der Waals surface area contributed by atoms with Crippen LogP contribution in [0.15, 0.2) is 24.3 Å². The molecular weight excluding hydrogens is 310 g/mol. The van der Waals surface area contributed by atoms with Crippen LogP contribution in [0.5, 0.6) is 0 Å². The Labute approximate surface area is 149 Å². The minimum absolute atomic E-state index is 0.0286. The molecule has 0 N–H and O–H groups in total. The van der Waals surface area contributed by atoms with E-state index in [1.807, 2.05) is 4.68 Å². The van der Waals surface area contributed by atoms with E-state index in [2.05, 4.69) is 65.7 Å². The van der Waals surface area contributed by atoms with E-state index >= 15 is 0 Å². The maximum absolute atomic E-state index is 4.63. The maximum atomic E-state index is 4.63. The average molecular weight is 337 g/mol. The summed E-state index contributed by atoms with van der Waals surface area (Å²) in [6.45, 7) is 2.14. The fourth-order valence-corrected chi connectivity index (χ4v) is 6.60. The van der Waals surface area contributed by atoms with Gasteiger partial charge in [-0.1, -0.05) is 18.2 Å². The van der Waals surface area contributed by atoms with Gasteiger partial charge in [0.25, 0.3) is 0 Å². The number of rotatable bonds is 3. The summed E-state index contributed by atoms with van der Waals surface area (Å²) >= 11 is 0. The van der Waals surface area contributed by atoms with Crippen molar-refractivity contribution >= 4 is 0 Å². The van der Waals surface area contributed by atoms with Crippen LogP contribution in [0.1, 0.15) is 43.5 Å². The van der Waals surface area contributed by atoms with E-state index in [-0.39, 0.29) is 5.54 Å². The van der Waals surface area contributed by atoms with E-state index in [1.165, 1.54) is 37.7 Å². The standard InChI is InChI=1S/C20H27N5/c1-13-6-4-5-7-18(13)25-19(21-22-23-25)20(24(2)3)16-9-14-8-15(11-16)12-17(20)10-14/h4-7,14-17H,8-12H2,1-3H3. The number of aryl methyl sites for hydroxylation is 1. The lowest BCUT2D eigenvalue weighted by Gasteiger charge is -2.62. The van der Waals surface area contributed by atoms with Crippen LogP contribution in [0.25, 0.3) is 5.69 Å². The van der Waals surface area contributed by atoms with Gasteiger partial charge in [0.1, 0.15) is 0 Å². The van der Waals surface area contributed by atoms with Crippen LogP contribution >= 0.6 is 0 Å². The van der Waals surface area contributed by atoms with Gasteiger partial charge in [-0.15, -0.1) is 5.10 Å². The van der Waals surface area contributed by atoms with E-state index in [0.717, 1.165) is 23.3 Å². The molecule has 4 fully saturated rings. The molecule has 4 saturated carbocycles. The predicted octanol–water partition coefficient (Wildman–Crippen LogP) is 3.18. The fourth-order valence-electron chi connectivity index (χ4n) is 6.60.